The Bertz CT molecular complexity index is 836. The predicted octanol–water partition coefficient (Wildman–Crippen LogP) is 2.37. The number of rotatable bonds is 4. The van der Waals surface area contributed by atoms with Gasteiger partial charge in [0.15, 0.2) is 5.03 Å². The Labute approximate surface area is 136 Å². The lowest BCUT2D eigenvalue weighted by molar-refractivity contribution is 0.579. The summed E-state index contributed by atoms with van der Waals surface area (Å²) in [6.07, 6.45) is 7.88. The average molecular weight is 332 g/mol. The summed E-state index contributed by atoms with van der Waals surface area (Å²) in [7, 11) is -1.98. The Morgan fingerprint density at radius 1 is 1.22 bits per heavy atom. The lowest BCUT2D eigenvalue weighted by Gasteiger charge is -2.12. The summed E-state index contributed by atoms with van der Waals surface area (Å²) in [6.45, 7) is 0. The molecule has 1 N–H and O–H groups in total. The molecule has 0 radical (unpaired) electrons. The van der Waals surface area contributed by atoms with Crippen molar-refractivity contribution in [1.29, 1.82) is 0 Å². The number of sulfonamides is 1. The summed E-state index contributed by atoms with van der Waals surface area (Å²) in [5, 5.41) is 4.66. The summed E-state index contributed by atoms with van der Waals surface area (Å²) in [5.41, 5.74) is 2.96. The summed E-state index contributed by atoms with van der Waals surface area (Å²) < 4.78 is 29.6. The third-order valence-electron chi connectivity index (χ3n) is 4.59. The molecule has 2 aromatic heterocycles. The van der Waals surface area contributed by atoms with Gasteiger partial charge >= 0.3 is 0 Å². The molecule has 0 unspecified atom stereocenters. The molecule has 0 spiro atoms. The van der Waals surface area contributed by atoms with Crippen molar-refractivity contribution in [3.63, 3.8) is 0 Å². The van der Waals surface area contributed by atoms with Crippen molar-refractivity contribution < 1.29 is 8.42 Å². The molecule has 1 fully saturated rings. The first-order chi connectivity index (χ1) is 11.0. The molecule has 0 atom stereocenters. The fourth-order valence-electron chi connectivity index (χ4n) is 3.30. The van der Waals surface area contributed by atoms with Gasteiger partial charge in [0.25, 0.3) is 10.0 Å². The minimum absolute atomic E-state index is 0.278. The molecule has 6 nitrogen and oxygen atoms in total. The second-order valence-corrected chi connectivity index (χ2v) is 8.02. The zero-order chi connectivity index (χ0) is 16.0. The predicted molar refractivity (Wildman–Crippen MR) is 86.9 cm³/mol. The SMILES string of the molecule is Cn1nc2c(c1S(=O)(=O)Nc1ccc(C3CC3)cn1)CCCC2. The van der Waals surface area contributed by atoms with Gasteiger partial charge in [-0.2, -0.15) is 13.5 Å². The maximum atomic E-state index is 12.8. The first-order valence-electron chi connectivity index (χ1n) is 8.08. The molecule has 2 aliphatic carbocycles. The molecule has 2 aromatic rings. The van der Waals surface area contributed by atoms with Crippen LogP contribution in [-0.4, -0.2) is 23.2 Å². The quantitative estimate of drug-likeness (QED) is 0.932. The Morgan fingerprint density at radius 3 is 2.70 bits per heavy atom. The maximum absolute atomic E-state index is 12.8. The molecule has 7 heteroatoms. The number of anilines is 1. The van der Waals surface area contributed by atoms with Gasteiger partial charge < -0.3 is 0 Å². The molecular formula is C16H20N4O2S. The third-order valence-corrected chi connectivity index (χ3v) is 6.09. The number of fused-ring (bicyclic) bond motifs is 1. The van der Waals surface area contributed by atoms with Gasteiger partial charge in [0.2, 0.25) is 0 Å². The second-order valence-electron chi connectivity index (χ2n) is 6.42. The van der Waals surface area contributed by atoms with Crippen LogP contribution in [0.3, 0.4) is 0 Å². The first-order valence-corrected chi connectivity index (χ1v) is 9.56. The van der Waals surface area contributed by atoms with Crippen molar-refractivity contribution in [2.24, 2.45) is 7.05 Å². The summed E-state index contributed by atoms with van der Waals surface area (Å²) in [4.78, 5) is 4.26. The van der Waals surface area contributed by atoms with Crippen LogP contribution in [0.15, 0.2) is 23.4 Å². The van der Waals surface area contributed by atoms with Gasteiger partial charge in [0, 0.05) is 18.8 Å². The van der Waals surface area contributed by atoms with Gasteiger partial charge in [0.05, 0.1) is 5.69 Å². The highest BCUT2D eigenvalue weighted by Gasteiger charge is 2.29. The van der Waals surface area contributed by atoms with E-state index in [1.54, 1.807) is 19.3 Å². The normalized spacial score (nSPS) is 17.8. The lowest BCUT2D eigenvalue weighted by Crippen LogP contribution is -2.19. The van der Waals surface area contributed by atoms with Crippen LogP contribution in [0.2, 0.25) is 0 Å². The van der Waals surface area contributed by atoms with Gasteiger partial charge in [0.1, 0.15) is 5.82 Å². The Hall–Kier alpha value is -1.89. The first kappa shape index (κ1) is 14.7. The van der Waals surface area contributed by atoms with Crippen LogP contribution in [0.5, 0.6) is 0 Å². The van der Waals surface area contributed by atoms with Crippen LogP contribution in [-0.2, 0) is 29.9 Å². The van der Waals surface area contributed by atoms with E-state index in [4.69, 9.17) is 0 Å². The molecule has 4 rings (SSSR count). The van der Waals surface area contributed by atoms with Crippen molar-refractivity contribution in [3.05, 3.63) is 35.2 Å². The van der Waals surface area contributed by atoms with Crippen LogP contribution in [0.4, 0.5) is 5.82 Å². The summed E-state index contributed by atoms with van der Waals surface area (Å²) in [5.74, 6) is 0.970. The molecule has 1 saturated carbocycles. The number of nitrogens with zero attached hydrogens (tertiary/aromatic N) is 3. The molecular weight excluding hydrogens is 312 g/mol. The summed E-state index contributed by atoms with van der Waals surface area (Å²) >= 11 is 0. The minimum atomic E-state index is -3.67. The smallest absolute Gasteiger partial charge is 0.262 e. The Morgan fingerprint density at radius 2 is 2.00 bits per heavy atom. The van der Waals surface area contributed by atoms with Crippen LogP contribution >= 0.6 is 0 Å². The second kappa shape index (κ2) is 5.33. The topological polar surface area (TPSA) is 76.9 Å². The maximum Gasteiger partial charge on any atom is 0.280 e. The molecule has 2 heterocycles. The Kier molecular flexibility index (Phi) is 3.41. The lowest BCUT2D eigenvalue weighted by atomic mass is 9.99. The number of hydrogen-bond acceptors (Lipinski definition) is 4. The number of pyridine rings is 1. The van der Waals surface area contributed by atoms with Crippen molar-refractivity contribution >= 4 is 15.8 Å². The number of hydrogen-bond donors (Lipinski definition) is 1. The van der Waals surface area contributed by atoms with E-state index >= 15 is 0 Å². The summed E-state index contributed by atoms with van der Waals surface area (Å²) in [6, 6.07) is 3.70. The van der Waals surface area contributed by atoms with E-state index < -0.39 is 10.0 Å². The van der Waals surface area contributed by atoms with E-state index in [-0.39, 0.29) is 5.03 Å². The molecule has 0 saturated heterocycles. The van der Waals surface area contributed by atoms with Crippen LogP contribution in [0.25, 0.3) is 0 Å². The van der Waals surface area contributed by atoms with Crippen LogP contribution < -0.4 is 4.72 Å². The minimum Gasteiger partial charge on any atom is -0.262 e. The molecule has 0 aromatic carbocycles. The van der Waals surface area contributed by atoms with E-state index in [1.165, 1.54) is 23.1 Å². The molecule has 23 heavy (non-hydrogen) atoms. The van der Waals surface area contributed by atoms with E-state index in [0.29, 0.717) is 11.7 Å². The highest BCUT2D eigenvalue weighted by Crippen LogP contribution is 2.39. The van der Waals surface area contributed by atoms with Gasteiger partial charge in [-0.05, 0) is 56.1 Å². The molecule has 2 aliphatic rings. The van der Waals surface area contributed by atoms with E-state index in [1.807, 2.05) is 6.07 Å². The van der Waals surface area contributed by atoms with Gasteiger partial charge in [-0.3, -0.25) is 9.40 Å². The Balaban J connectivity index is 1.63. The average Bonchev–Trinajstić information content (AvgIpc) is 3.29. The van der Waals surface area contributed by atoms with E-state index in [9.17, 15) is 8.42 Å². The zero-order valence-electron chi connectivity index (χ0n) is 13.1. The molecule has 0 aliphatic heterocycles. The highest BCUT2D eigenvalue weighted by atomic mass is 32.2. The van der Waals surface area contributed by atoms with Crippen molar-refractivity contribution in [1.82, 2.24) is 14.8 Å². The van der Waals surface area contributed by atoms with E-state index in [2.05, 4.69) is 14.8 Å². The number of nitrogens with one attached hydrogen (secondary N) is 1. The standard InChI is InChI=1S/C16H20N4O2S/c1-20-16(13-4-2-3-5-14(13)18-20)23(21,22)19-15-9-8-12(10-17-15)11-6-7-11/h8-11H,2-7H2,1H3,(H,17,19). The van der Waals surface area contributed by atoms with Gasteiger partial charge in [-0.1, -0.05) is 6.07 Å². The van der Waals surface area contributed by atoms with Crippen molar-refractivity contribution in [2.75, 3.05) is 4.72 Å². The fraction of sp³-hybridized carbons (Fsp3) is 0.500. The molecule has 122 valence electrons. The van der Waals surface area contributed by atoms with Gasteiger partial charge in [-0.25, -0.2) is 4.98 Å². The van der Waals surface area contributed by atoms with Crippen molar-refractivity contribution in [3.8, 4) is 0 Å². The molecule has 0 amide bonds. The number of aromatic nitrogens is 3. The third kappa shape index (κ3) is 2.73. The van der Waals surface area contributed by atoms with Gasteiger partial charge in [-0.15, -0.1) is 0 Å². The van der Waals surface area contributed by atoms with Crippen LogP contribution in [0.1, 0.15) is 48.4 Å². The highest BCUT2D eigenvalue weighted by molar-refractivity contribution is 7.92. The van der Waals surface area contributed by atoms with Crippen LogP contribution in [0, 0.1) is 0 Å². The number of aryl methyl sites for hydroxylation is 2. The van der Waals surface area contributed by atoms with Crippen molar-refractivity contribution in [2.45, 2.75) is 49.5 Å². The largest absolute Gasteiger partial charge is 0.280 e. The monoisotopic (exact) mass is 332 g/mol. The zero-order valence-corrected chi connectivity index (χ0v) is 13.9. The van der Waals surface area contributed by atoms with E-state index in [0.717, 1.165) is 36.9 Å². The molecule has 0 bridgehead atoms. The fourth-order valence-corrected chi connectivity index (χ4v) is 4.72.